The van der Waals surface area contributed by atoms with Crippen LogP contribution in [0.3, 0.4) is 0 Å². The zero-order valence-corrected chi connectivity index (χ0v) is 12.4. The number of phenolic OH excluding ortho intramolecular Hbond substituents is 1. The number of para-hydroxylation sites is 1. The molecule has 2 amide bonds. The number of aromatic hydroxyl groups is 1. The van der Waals surface area contributed by atoms with E-state index in [1.54, 1.807) is 36.4 Å². The fourth-order valence-electron chi connectivity index (χ4n) is 1.83. The van der Waals surface area contributed by atoms with Crippen molar-refractivity contribution in [3.8, 4) is 5.75 Å². The summed E-state index contributed by atoms with van der Waals surface area (Å²) in [6, 6.07) is 12.4. The van der Waals surface area contributed by atoms with Gasteiger partial charge in [-0.15, -0.1) is 0 Å². The highest BCUT2D eigenvalue weighted by atomic mass is 16.4. The summed E-state index contributed by atoms with van der Waals surface area (Å²) in [6.45, 7) is 0. The van der Waals surface area contributed by atoms with Crippen molar-refractivity contribution in [2.75, 3.05) is 10.6 Å². The van der Waals surface area contributed by atoms with Gasteiger partial charge in [0, 0.05) is 23.5 Å². The number of carboxylic acids is 1. The summed E-state index contributed by atoms with van der Waals surface area (Å²) in [4.78, 5) is 33.8. The predicted octanol–water partition coefficient (Wildman–Crippen LogP) is 2.22. The molecule has 0 heterocycles. The zero-order chi connectivity index (χ0) is 17.5. The maximum Gasteiger partial charge on any atom is 0.328 e. The maximum absolute atomic E-state index is 12.0. The normalized spacial score (nSPS) is 10.3. The number of aliphatic carboxylic acids is 1. The standard InChI is InChI=1S/C17H14N2O5/c20-14-4-2-1-3-13(14)17(24)19-12-7-5-11(6-8-12)18-15(21)9-10-16(22)23/h1-10,20H,(H,18,21)(H,19,24)(H,22,23)/b10-9+. The summed E-state index contributed by atoms with van der Waals surface area (Å²) in [5, 5.41) is 23.2. The number of amides is 2. The van der Waals surface area contributed by atoms with E-state index in [0.29, 0.717) is 11.4 Å². The first kappa shape index (κ1) is 16.8. The largest absolute Gasteiger partial charge is 0.507 e. The Kier molecular flexibility index (Phi) is 5.30. The molecule has 7 nitrogen and oxygen atoms in total. The zero-order valence-electron chi connectivity index (χ0n) is 12.4. The van der Waals surface area contributed by atoms with Gasteiger partial charge in [0.05, 0.1) is 5.56 Å². The van der Waals surface area contributed by atoms with Crippen molar-refractivity contribution in [3.63, 3.8) is 0 Å². The van der Waals surface area contributed by atoms with Gasteiger partial charge >= 0.3 is 5.97 Å². The number of hydrogen-bond acceptors (Lipinski definition) is 4. The van der Waals surface area contributed by atoms with E-state index in [-0.39, 0.29) is 11.3 Å². The highest BCUT2D eigenvalue weighted by Gasteiger charge is 2.10. The van der Waals surface area contributed by atoms with Crippen LogP contribution in [-0.2, 0) is 9.59 Å². The van der Waals surface area contributed by atoms with Crippen LogP contribution in [0.2, 0.25) is 0 Å². The van der Waals surface area contributed by atoms with E-state index in [4.69, 9.17) is 5.11 Å². The van der Waals surface area contributed by atoms with Crippen LogP contribution in [-0.4, -0.2) is 28.0 Å². The van der Waals surface area contributed by atoms with Crippen molar-refractivity contribution in [3.05, 3.63) is 66.2 Å². The number of benzene rings is 2. The summed E-state index contributed by atoms with van der Waals surface area (Å²) in [6.07, 6.45) is 1.63. The second-order valence-corrected chi connectivity index (χ2v) is 4.71. The van der Waals surface area contributed by atoms with Gasteiger partial charge in [-0.1, -0.05) is 12.1 Å². The fraction of sp³-hybridized carbons (Fsp3) is 0. The quantitative estimate of drug-likeness (QED) is 0.629. The first-order chi connectivity index (χ1) is 11.5. The molecule has 2 aromatic rings. The van der Waals surface area contributed by atoms with Crippen molar-refractivity contribution >= 4 is 29.2 Å². The maximum atomic E-state index is 12.0. The number of nitrogens with one attached hydrogen (secondary N) is 2. The minimum absolute atomic E-state index is 0.121. The van der Waals surface area contributed by atoms with E-state index in [9.17, 15) is 19.5 Å². The molecule has 0 unspecified atom stereocenters. The molecule has 0 saturated heterocycles. The van der Waals surface area contributed by atoms with E-state index < -0.39 is 17.8 Å². The van der Waals surface area contributed by atoms with E-state index >= 15 is 0 Å². The van der Waals surface area contributed by atoms with Gasteiger partial charge in [0.1, 0.15) is 5.75 Å². The van der Waals surface area contributed by atoms with Gasteiger partial charge in [-0.3, -0.25) is 9.59 Å². The van der Waals surface area contributed by atoms with Crippen LogP contribution >= 0.6 is 0 Å². The molecule has 0 aromatic heterocycles. The number of carbonyl (C=O) groups is 3. The van der Waals surface area contributed by atoms with Crippen LogP contribution in [0.5, 0.6) is 5.75 Å². The molecule has 0 fully saturated rings. The van der Waals surface area contributed by atoms with E-state index in [1.165, 1.54) is 12.1 Å². The minimum atomic E-state index is -1.22. The van der Waals surface area contributed by atoms with Gasteiger partial charge in [-0.25, -0.2) is 4.79 Å². The second kappa shape index (κ2) is 7.59. The molecular weight excluding hydrogens is 312 g/mol. The van der Waals surface area contributed by atoms with Gasteiger partial charge in [0.15, 0.2) is 0 Å². The molecular formula is C17H14N2O5. The van der Waals surface area contributed by atoms with E-state index in [1.807, 2.05) is 0 Å². The Labute approximate surface area is 137 Å². The first-order valence-corrected chi connectivity index (χ1v) is 6.87. The molecule has 2 aromatic carbocycles. The van der Waals surface area contributed by atoms with Crippen molar-refractivity contribution in [2.24, 2.45) is 0 Å². The monoisotopic (exact) mass is 326 g/mol. The van der Waals surface area contributed by atoms with Crippen LogP contribution in [0.15, 0.2) is 60.7 Å². The Morgan fingerprint density at radius 2 is 1.42 bits per heavy atom. The lowest BCUT2D eigenvalue weighted by Crippen LogP contribution is -2.12. The third-order valence-corrected chi connectivity index (χ3v) is 2.94. The van der Waals surface area contributed by atoms with E-state index in [2.05, 4.69) is 10.6 Å². The molecule has 0 saturated carbocycles. The predicted molar refractivity (Wildman–Crippen MR) is 87.9 cm³/mol. The van der Waals surface area contributed by atoms with Crippen LogP contribution in [0.25, 0.3) is 0 Å². The van der Waals surface area contributed by atoms with Gasteiger partial charge in [0.25, 0.3) is 5.91 Å². The van der Waals surface area contributed by atoms with Crippen LogP contribution in [0, 0.1) is 0 Å². The number of phenols is 1. The molecule has 0 bridgehead atoms. The first-order valence-electron chi connectivity index (χ1n) is 6.87. The van der Waals surface area contributed by atoms with Gasteiger partial charge < -0.3 is 20.8 Å². The molecule has 0 aliphatic heterocycles. The number of rotatable bonds is 5. The third kappa shape index (κ3) is 4.70. The molecule has 7 heteroatoms. The van der Waals surface area contributed by atoms with Gasteiger partial charge in [0.2, 0.25) is 5.91 Å². The smallest absolute Gasteiger partial charge is 0.328 e. The number of carboxylic acid groups (broad SMARTS) is 1. The fourth-order valence-corrected chi connectivity index (χ4v) is 1.83. The summed E-state index contributed by atoms with van der Waals surface area (Å²) in [5.41, 5.74) is 1.06. The highest BCUT2D eigenvalue weighted by Crippen LogP contribution is 2.19. The number of hydrogen-bond donors (Lipinski definition) is 4. The average molecular weight is 326 g/mol. The van der Waals surface area contributed by atoms with Crippen molar-refractivity contribution < 1.29 is 24.6 Å². The lowest BCUT2D eigenvalue weighted by Gasteiger charge is -2.08. The van der Waals surface area contributed by atoms with Gasteiger partial charge in [-0.2, -0.15) is 0 Å². The molecule has 24 heavy (non-hydrogen) atoms. The summed E-state index contributed by atoms with van der Waals surface area (Å²) < 4.78 is 0. The average Bonchev–Trinajstić information content (AvgIpc) is 2.55. The number of carbonyl (C=O) groups excluding carboxylic acids is 2. The van der Waals surface area contributed by atoms with Gasteiger partial charge in [-0.05, 0) is 36.4 Å². The molecule has 0 aliphatic carbocycles. The van der Waals surface area contributed by atoms with E-state index in [0.717, 1.165) is 12.2 Å². The lowest BCUT2D eigenvalue weighted by molar-refractivity contribution is -0.131. The Bertz CT molecular complexity index is 797. The van der Waals surface area contributed by atoms with Crippen LogP contribution in [0.4, 0.5) is 11.4 Å². The van der Waals surface area contributed by atoms with Crippen molar-refractivity contribution in [2.45, 2.75) is 0 Å². The van der Waals surface area contributed by atoms with Crippen LogP contribution < -0.4 is 10.6 Å². The molecule has 122 valence electrons. The topological polar surface area (TPSA) is 116 Å². The van der Waals surface area contributed by atoms with Crippen molar-refractivity contribution in [1.82, 2.24) is 0 Å². The molecule has 4 N–H and O–H groups in total. The molecule has 0 aliphatic rings. The number of anilines is 2. The Hall–Kier alpha value is -3.61. The lowest BCUT2D eigenvalue weighted by atomic mass is 10.2. The summed E-state index contributed by atoms with van der Waals surface area (Å²) >= 11 is 0. The highest BCUT2D eigenvalue weighted by molar-refractivity contribution is 6.06. The Morgan fingerprint density at radius 3 is 2.00 bits per heavy atom. The minimum Gasteiger partial charge on any atom is -0.507 e. The second-order valence-electron chi connectivity index (χ2n) is 4.71. The SMILES string of the molecule is O=C(O)/C=C/C(=O)Nc1ccc(NC(=O)c2ccccc2O)cc1. The summed E-state index contributed by atoms with van der Waals surface area (Å²) in [5.74, 6) is -2.38. The molecule has 2 rings (SSSR count). The molecule has 0 spiro atoms. The Morgan fingerprint density at radius 1 is 0.833 bits per heavy atom. The van der Waals surface area contributed by atoms with Crippen molar-refractivity contribution in [1.29, 1.82) is 0 Å². The third-order valence-electron chi connectivity index (χ3n) is 2.94. The molecule has 0 radical (unpaired) electrons. The molecule has 0 atom stereocenters. The summed E-state index contributed by atoms with van der Waals surface area (Å²) in [7, 11) is 0. The Balaban J connectivity index is 1.99. The van der Waals surface area contributed by atoms with Crippen LogP contribution in [0.1, 0.15) is 10.4 Å².